The Labute approximate surface area is 109 Å². The van der Waals surface area contributed by atoms with E-state index in [0.29, 0.717) is 11.8 Å². The lowest BCUT2D eigenvalue weighted by Gasteiger charge is -2.31. The van der Waals surface area contributed by atoms with Crippen LogP contribution in [0.4, 0.5) is 0 Å². The van der Waals surface area contributed by atoms with Gasteiger partial charge in [-0.05, 0) is 28.9 Å². The van der Waals surface area contributed by atoms with Crippen molar-refractivity contribution in [2.45, 2.75) is 13.0 Å². The Kier molecular flexibility index (Phi) is 4.83. The fourth-order valence-corrected chi connectivity index (χ4v) is 2.08. The second-order valence-electron chi connectivity index (χ2n) is 3.70. The van der Waals surface area contributed by atoms with E-state index in [9.17, 15) is 4.79 Å². The highest BCUT2D eigenvalue weighted by molar-refractivity contribution is 9.10. The Morgan fingerprint density at radius 3 is 3.00 bits per heavy atom. The number of rotatable bonds is 1. The molecular formula is C10H14BrClN2O2. The summed E-state index contributed by atoms with van der Waals surface area (Å²) < 4.78 is 5.88. The first kappa shape index (κ1) is 13.5. The molecule has 0 radical (unpaired) electrons. The molecule has 1 saturated heterocycles. The summed E-state index contributed by atoms with van der Waals surface area (Å²) in [6.45, 7) is 4.37. The number of furan rings is 1. The van der Waals surface area contributed by atoms with Gasteiger partial charge in [0.1, 0.15) is 0 Å². The molecule has 1 aliphatic heterocycles. The molecule has 2 rings (SSSR count). The molecule has 0 bridgehead atoms. The maximum Gasteiger partial charge on any atom is 0.290 e. The highest BCUT2D eigenvalue weighted by Crippen LogP contribution is 2.19. The Morgan fingerprint density at radius 1 is 1.69 bits per heavy atom. The standard InChI is InChI=1S/C10H13BrN2O2.ClH/c1-7-6-13(4-3-12-7)10(14)9-8(11)2-5-15-9;/h2,5,7,12H,3-4,6H2,1H3;1H. The molecule has 0 spiro atoms. The lowest BCUT2D eigenvalue weighted by Crippen LogP contribution is -2.51. The van der Waals surface area contributed by atoms with Crippen LogP contribution in [0.5, 0.6) is 0 Å². The van der Waals surface area contributed by atoms with Gasteiger partial charge in [-0.25, -0.2) is 0 Å². The van der Waals surface area contributed by atoms with Crippen LogP contribution in [-0.2, 0) is 0 Å². The number of nitrogens with one attached hydrogen (secondary N) is 1. The fraction of sp³-hybridized carbons (Fsp3) is 0.500. The minimum absolute atomic E-state index is 0. The topological polar surface area (TPSA) is 45.5 Å². The van der Waals surface area contributed by atoms with E-state index >= 15 is 0 Å². The quantitative estimate of drug-likeness (QED) is 0.862. The minimum Gasteiger partial charge on any atom is -0.458 e. The molecule has 6 heteroatoms. The van der Waals surface area contributed by atoms with Crippen LogP contribution in [0.2, 0.25) is 0 Å². The summed E-state index contributed by atoms with van der Waals surface area (Å²) in [5, 5.41) is 3.29. The smallest absolute Gasteiger partial charge is 0.290 e. The lowest BCUT2D eigenvalue weighted by atomic mass is 10.2. The zero-order valence-electron chi connectivity index (χ0n) is 8.90. The molecule has 2 heterocycles. The maximum absolute atomic E-state index is 12.0. The number of hydrogen-bond donors (Lipinski definition) is 1. The molecule has 1 unspecified atom stereocenters. The third-order valence-electron chi connectivity index (χ3n) is 2.47. The predicted molar refractivity (Wildman–Crippen MR) is 67.0 cm³/mol. The first-order valence-electron chi connectivity index (χ1n) is 4.94. The van der Waals surface area contributed by atoms with E-state index in [-0.39, 0.29) is 18.3 Å². The van der Waals surface area contributed by atoms with E-state index in [1.54, 1.807) is 6.07 Å². The minimum atomic E-state index is -0.0415. The molecule has 90 valence electrons. The van der Waals surface area contributed by atoms with Crippen LogP contribution in [0.3, 0.4) is 0 Å². The second kappa shape index (κ2) is 5.70. The van der Waals surface area contributed by atoms with Gasteiger partial charge in [0.15, 0.2) is 0 Å². The van der Waals surface area contributed by atoms with Crippen molar-refractivity contribution in [3.63, 3.8) is 0 Å². The summed E-state index contributed by atoms with van der Waals surface area (Å²) in [5.41, 5.74) is 0. The number of halogens is 2. The van der Waals surface area contributed by atoms with E-state index < -0.39 is 0 Å². The van der Waals surface area contributed by atoms with Gasteiger partial charge in [-0.3, -0.25) is 4.79 Å². The van der Waals surface area contributed by atoms with Gasteiger partial charge in [-0.15, -0.1) is 12.4 Å². The number of carbonyl (C=O) groups excluding carboxylic acids is 1. The van der Waals surface area contributed by atoms with Crippen LogP contribution in [0, 0.1) is 0 Å². The molecule has 1 atom stereocenters. The summed E-state index contributed by atoms with van der Waals surface area (Å²) in [6, 6.07) is 2.08. The van der Waals surface area contributed by atoms with E-state index in [2.05, 4.69) is 28.2 Å². The van der Waals surface area contributed by atoms with Gasteiger partial charge in [0.25, 0.3) is 5.91 Å². The van der Waals surface area contributed by atoms with Gasteiger partial charge in [0.2, 0.25) is 5.76 Å². The summed E-state index contributed by atoms with van der Waals surface area (Å²) in [6.07, 6.45) is 1.52. The normalized spacial score (nSPS) is 20.4. The molecule has 1 aromatic rings. The number of carbonyl (C=O) groups is 1. The fourth-order valence-electron chi connectivity index (χ4n) is 1.71. The average Bonchev–Trinajstić information content (AvgIpc) is 2.63. The van der Waals surface area contributed by atoms with E-state index in [1.807, 2.05) is 4.90 Å². The van der Waals surface area contributed by atoms with Gasteiger partial charge in [-0.1, -0.05) is 0 Å². The largest absolute Gasteiger partial charge is 0.458 e. The molecule has 0 aromatic carbocycles. The average molecular weight is 310 g/mol. The Bertz CT molecular complexity index is 369. The second-order valence-corrected chi connectivity index (χ2v) is 4.56. The van der Waals surface area contributed by atoms with Crippen molar-refractivity contribution in [1.29, 1.82) is 0 Å². The molecule has 1 amide bonds. The monoisotopic (exact) mass is 308 g/mol. The molecular weight excluding hydrogens is 295 g/mol. The predicted octanol–water partition coefficient (Wildman–Crippen LogP) is 1.90. The van der Waals surface area contributed by atoms with Crippen LogP contribution < -0.4 is 5.32 Å². The maximum atomic E-state index is 12.0. The van der Waals surface area contributed by atoms with Crippen LogP contribution >= 0.6 is 28.3 Å². The van der Waals surface area contributed by atoms with E-state index in [4.69, 9.17) is 4.42 Å². The van der Waals surface area contributed by atoms with Crippen molar-refractivity contribution >= 4 is 34.2 Å². The number of amides is 1. The Balaban J connectivity index is 0.00000128. The molecule has 0 aliphatic carbocycles. The van der Waals surface area contributed by atoms with Crippen LogP contribution in [0.25, 0.3) is 0 Å². The zero-order valence-corrected chi connectivity index (χ0v) is 11.3. The molecule has 4 nitrogen and oxygen atoms in total. The molecule has 16 heavy (non-hydrogen) atoms. The molecule has 1 N–H and O–H groups in total. The van der Waals surface area contributed by atoms with Crippen molar-refractivity contribution in [3.8, 4) is 0 Å². The van der Waals surface area contributed by atoms with Crippen molar-refractivity contribution < 1.29 is 9.21 Å². The van der Waals surface area contributed by atoms with Crippen molar-refractivity contribution in [3.05, 3.63) is 22.6 Å². The summed E-state index contributed by atoms with van der Waals surface area (Å²) in [7, 11) is 0. The molecule has 1 aliphatic rings. The van der Waals surface area contributed by atoms with Crippen molar-refractivity contribution in [2.24, 2.45) is 0 Å². The summed E-state index contributed by atoms with van der Waals surface area (Å²) in [4.78, 5) is 13.8. The molecule has 1 fully saturated rings. The first-order valence-corrected chi connectivity index (χ1v) is 5.73. The van der Waals surface area contributed by atoms with Crippen molar-refractivity contribution in [2.75, 3.05) is 19.6 Å². The Morgan fingerprint density at radius 2 is 2.44 bits per heavy atom. The summed E-state index contributed by atoms with van der Waals surface area (Å²) in [5.74, 6) is 0.351. The Hall–Kier alpha value is -0.520. The van der Waals surface area contributed by atoms with E-state index in [1.165, 1.54) is 6.26 Å². The third-order valence-corrected chi connectivity index (χ3v) is 3.09. The zero-order chi connectivity index (χ0) is 10.8. The number of hydrogen-bond acceptors (Lipinski definition) is 3. The van der Waals surface area contributed by atoms with Crippen LogP contribution in [0.15, 0.2) is 21.2 Å². The van der Waals surface area contributed by atoms with Gasteiger partial charge in [0, 0.05) is 25.7 Å². The van der Waals surface area contributed by atoms with Gasteiger partial charge < -0.3 is 14.6 Å². The third kappa shape index (κ3) is 2.78. The SMILES string of the molecule is CC1CN(C(=O)c2occc2Br)CCN1.Cl. The lowest BCUT2D eigenvalue weighted by molar-refractivity contribution is 0.0675. The van der Waals surface area contributed by atoms with Gasteiger partial charge in [-0.2, -0.15) is 0 Å². The van der Waals surface area contributed by atoms with Gasteiger partial charge >= 0.3 is 0 Å². The first-order chi connectivity index (χ1) is 7.18. The van der Waals surface area contributed by atoms with E-state index in [0.717, 1.165) is 24.1 Å². The van der Waals surface area contributed by atoms with Gasteiger partial charge in [0.05, 0.1) is 10.7 Å². The van der Waals surface area contributed by atoms with Crippen LogP contribution in [0.1, 0.15) is 17.5 Å². The highest BCUT2D eigenvalue weighted by atomic mass is 79.9. The molecule has 1 aromatic heterocycles. The number of piperazine rings is 1. The number of nitrogens with zero attached hydrogens (tertiary/aromatic N) is 1. The van der Waals surface area contributed by atoms with Crippen LogP contribution in [-0.4, -0.2) is 36.5 Å². The highest BCUT2D eigenvalue weighted by Gasteiger charge is 2.24. The molecule has 0 saturated carbocycles. The van der Waals surface area contributed by atoms with Crippen molar-refractivity contribution in [1.82, 2.24) is 10.2 Å². The summed E-state index contributed by atoms with van der Waals surface area (Å²) >= 11 is 3.29.